The zero-order chi connectivity index (χ0) is 13.7. The van der Waals surface area contributed by atoms with E-state index in [4.69, 9.17) is 15.6 Å². The Bertz CT molecular complexity index is 524. The number of hydrogen-bond donors (Lipinski definition) is 2. The molecule has 1 atom stereocenters. The van der Waals surface area contributed by atoms with Crippen molar-refractivity contribution in [3.05, 3.63) is 53.9 Å². The third-order valence-electron chi connectivity index (χ3n) is 2.81. The molecule has 4 nitrogen and oxygen atoms in total. The zero-order valence-electron chi connectivity index (χ0n) is 10.9. The molecular weight excluding hydrogens is 240 g/mol. The van der Waals surface area contributed by atoms with Gasteiger partial charge in [-0.15, -0.1) is 0 Å². The second kappa shape index (κ2) is 6.31. The number of hydrogen-bond acceptors (Lipinski definition) is 4. The molecule has 0 bridgehead atoms. The quantitative estimate of drug-likeness (QED) is 0.864. The molecule has 19 heavy (non-hydrogen) atoms. The molecule has 1 aromatic carbocycles. The van der Waals surface area contributed by atoms with Gasteiger partial charge >= 0.3 is 0 Å². The third-order valence-corrected chi connectivity index (χ3v) is 2.81. The normalized spacial score (nSPS) is 12.2. The number of aromatic nitrogens is 1. The summed E-state index contributed by atoms with van der Waals surface area (Å²) in [7, 11) is 0. The molecule has 3 N–H and O–H groups in total. The van der Waals surface area contributed by atoms with E-state index >= 15 is 0 Å². The fourth-order valence-corrected chi connectivity index (χ4v) is 1.78. The monoisotopic (exact) mass is 258 g/mol. The van der Waals surface area contributed by atoms with Gasteiger partial charge in [0.25, 0.3) is 0 Å². The number of para-hydroxylation sites is 1. The van der Waals surface area contributed by atoms with Gasteiger partial charge in [-0.05, 0) is 37.1 Å². The third kappa shape index (κ3) is 3.53. The van der Waals surface area contributed by atoms with Crippen molar-refractivity contribution in [3.63, 3.8) is 0 Å². The van der Waals surface area contributed by atoms with Crippen LogP contribution in [0.3, 0.4) is 0 Å². The first kappa shape index (κ1) is 13.5. The summed E-state index contributed by atoms with van der Waals surface area (Å²) in [4.78, 5) is 4.25. The molecule has 1 aromatic heterocycles. The highest BCUT2D eigenvalue weighted by Crippen LogP contribution is 2.25. The first-order valence-electron chi connectivity index (χ1n) is 6.29. The van der Waals surface area contributed by atoms with Crippen LogP contribution in [0, 0.1) is 0 Å². The number of ether oxygens (including phenoxy) is 1. The maximum Gasteiger partial charge on any atom is 0.145 e. The lowest BCUT2D eigenvalue weighted by molar-refractivity contribution is 0.298. The van der Waals surface area contributed by atoms with Crippen molar-refractivity contribution < 1.29 is 9.84 Å². The molecule has 1 heterocycles. The average molecular weight is 258 g/mol. The van der Waals surface area contributed by atoms with Gasteiger partial charge < -0.3 is 15.6 Å². The average Bonchev–Trinajstić information content (AvgIpc) is 2.42. The van der Waals surface area contributed by atoms with Crippen molar-refractivity contribution in [1.29, 1.82) is 0 Å². The highest BCUT2D eigenvalue weighted by molar-refractivity contribution is 5.37. The minimum absolute atomic E-state index is 0.0873. The first-order chi connectivity index (χ1) is 9.20. The predicted molar refractivity (Wildman–Crippen MR) is 74.1 cm³/mol. The van der Waals surface area contributed by atoms with Gasteiger partial charge in [0.15, 0.2) is 0 Å². The highest BCUT2D eigenvalue weighted by atomic mass is 16.5. The SMILES string of the molecule is C[C@@H](N)c1ccc(Oc2ccccc2CCO)cn1. The summed E-state index contributed by atoms with van der Waals surface area (Å²) in [5, 5.41) is 9.03. The van der Waals surface area contributed by atoms with Gasteiger partial charge in [-0.2, -0.15) is 0 Å². The molecule has 100 valence electrons. The molecule has 0 unspecified atom stereocenters. The topological polar surface area (TPSA) is 68.4 Å². The van der Waals surface area contributed by atoms with Crippen LogP contribution in [0.15, 0.2) is 42.6 Å². The summed E-state index contributed by atoms with van der Waals surface area (Å²) >= 11 is 0. The van der Waals surface area contributed by atoms with Crippen LogP contribution >= 0.6 is 0 Å². The van der Waals surface area contributed by atoms with Gasteiger partial charge in [-0.1, -0.05) is 18.2 Å². The van der Waals surface area contributed by atoms with Crippen molar-refractivity contribution in [2.24, 2.45) is 5.73 Å². The Hall–Kier alpha value is -1.91. The molecule has 0 amide bonds. The zero-order valence-corrected chi connectivity index (χ0v) is 10.9. The molecular formula is C15H18N2O2. The van der Waals surface area contributed by atoms with E-state index < -0.39 is 0 Å². The minimum atomic E-state index is -0.0873. The Morgan fingerprint density at radius 2 is 2.05 bits per heavy atom. The molecule has 0 saturated heterocycles. The van der Waals surface area contributed by atoms with Crippen molar-refractivity contribution in [3.8, 4) is 11.5 Å². The smallest absolute Gasteiger partial charge is 0.145 e. The van der Waals surface area contributed by atoms with Gasteiger partial charge in [-0.25, -0.2) is 0 Å². The fraction of sp³-hybridized carbons (Fsp3) is 0.267. The summed E-state index contributed by atoms with van der Waals surface area (Å²) in [5.74, 6) is 1.40. The summed E-state index contributed by atoms with van der Waals surface area (Å²) in [6.07, 6.45) is 2.23. The molecule has 0 saturated carbocycles. The van der Waals surface area contributed by atoms with Crippen LogP contribution < -0.4 is 10.5 Å². The largest absolute Gasteiger partial charge is 0.455 e. The summed E-state index contributed by atoms with van der Waals surface area (Å²) in [6, 6.07) is 11.3. The van der Waals surface area contributed by atoms with Crippen molar-refractivity contribution in [1.82, 2.24) is 4.98 Å². The van der Waals surface area contributed by atoms with Crippen LogP contribution in [0.4, 0.5) is 0 Å². The van der Waals surface area contributed by atoms with Crippen molar-refractivity contribution >= 4 is 0 Å². The molecule has 2 aromatic rings. The molecule has 2 rings (SSSR count). The molecule has 0 aliphatic heterocycles. The Labute approximate surface area is 112 Å². The Balaban J connectivity index is 2.16. The summed E-state index contributed by atoms with van der Waals surface area (Å²) in [6.45, 7) is 1.99. The Kier molecular flexibility index (Phi) is 4.49. The minimum Gasteiger partial charge on any atom is -0.455 e. The van der Waals surface area contributed by atoms with E-state index in [0.717, 1.165) is 17.0 Å². The Morgan fingerprint density at radius 1 is 1.26 bits per heavy atom. The van der Waals surface area contributed by atoms with Gasteiger partial charge in [0.05, 0.1) is 11.9 Å². The van der Waals surface area contributed by atoms with E-state index in [-0.39, 0.29) is 12.6 Å². The van der Waals surface area contributed by atoms with E-state index in [9.17, 15) is 0 Å². The summed E-state index contributed by atoms with van der Waals surface area (Å²) < 4.78 is 5.78. The molecule has 0 spiro atoms. The molecule has 4 heteroatoms. The number of rotatable bonds is 5. The number of nitrogens with zero attached hydrogens (tertiary/aromatic N) is 1. The van der Waals surface area contributed by atoms with Gasteiger partial charge in [0.2, 0.25) is 0 Å². The molecule has 0 aliphatic rings. The highest BCUT2D eigenvalue weighted by Gasteiger charge is 2.05. The summed E-state index contributed by atoms with van der Waals surface area (Å²) in [5.41, 5.74) is 7.55. The van der Waals surface area contributed by atoms with Crippen LogP contribution in [0.2, 0.25) is 0 Å². The van der Waals surface area contributed by atoms with Crippen LogP contribution in [0.1, 0.15) is 24.2 Å². The van der Waals surface area contributed by atoms with E-state index in [0.29, 0.717) is 12.2 Å². The van der Waals surface area contributed by atoms with Crippen molar-refractivity contribution in [2.75, 3.05) is 6.61 Å². The lowest BCUT2D eigenvalue weighted by Gasteiger charge is -2.11. The second-order valence-corrected chi connectivity index (χ2v) is 4.39. The lowest BCUT2D eigenvalue weighted by Crippen LogP contribution is -2.06. The van der Waals surface area contributed by atoms with E-state index in [2.05, 4.69) is 4.98 Å². The number of pyridine rings is 1. The van der Waals surface area contributed by atoms with Crippen LogP contribution in [-0.4, -0.2) is 16.7 Å². The molecule has 0 aliphatic carbocycles. The van der Waals surface area contributed by atoms with Crippen LogP contribution in [-0.2, 0) is 6.42 Å². The van der Waals surface area contributed by atoms with E-state index in [1.807, 2.05) is 43.3 Å². The van der Waals surface area contributed by atoms with Gasteiger partial charge in [-0.3, -0.25) is 4.98 Å². The maximum absolute atomic E-state index is 9.03. The van der Waals surface area contributed by atoms with Crippen LogP contribution in [0.25, 0.3) is 0 Å². The molecule has 0 fully saturated rings. The fourth-order valence-electron chi connectivity index (χ4n) is 1.78. The Morgan fingerprint density at radius 3 is 2.68 bits per heavy atom. The maximum atomic E-state index is 9.03. The molecule has 0 radical (unpaired) electrons. The van der Waals surface area contributed by atoms with Gasteiger partial charge in [0, 0.05) is 12.6 Å². The number of nitrogens with two attached hydrogens (primary N) is 1. The van der Waals surface area contributed by atoms with Crippen LogP contribution in [0.5, 0.6) is 11.5 Å². The number of aliphatic hydroxyl groups excluding tert-OH is 1. The van der Waals surface area contributed by atoms with Crippen molar-refractivity contribution in [2.45, 2.75) is 19.4 Å². The van der Waals surface area contributed by atoms with Gasteiger partial charge in [0.1, 0.15) is 11.5 Å². The number of aliphatic hydroxyl groups is 1. The van der Waals surface area contributed by atoms with E-state index in [1.54, 1.807) is 6.20 Å². The second-order valence-electron chi connectivity index (χ2n) is 4.39. The standard InChI is InChI=1S/C15H18N2O2/c1-11(16)14-7-6-13(10-17-14)19-15-5-3-2-4-12(15)8-9-18/h2-7,10-11,18H,8-9,16H2,1H3/t11-/m1/s1. The number of benzene rings is 1. The lowest BCUT2D eigenvalue weighted by atomic mass is 10.1. The van der Waals surface area contributed by atoms with E-state index in [1.165, 1.54) is 0 Å². The first-order valence-corrected chi connectivity index (χ1v) is 6.29. The predicted octanol–water partition coefficient (Wildman–Crippen LogP) is 2.43.